The summed E-state index contributed by atoms with van der Waals surface area (Å²) >= 11 is 0. The average Bonchev–Trinajstić information content (AvgIpc) is 3.24. The van der Waals surface area contributed by atoms with Crippen molar-refractivity contribution in [3.8, 4) is 0 Å². The highest BCUT2D eigenvalue weighted by atomic mass is 16.2. The van der Waals surface area contributed by atoms with Crippen molar-refractivity contribution in [2.24, 2.45) is 17.8 Å². The van der Waals surface area contributed by atoms with Crippen LogP contribution in [0.1, 0.15) is 43.7 Å². The van der Waals surface area contributed by atoms with E-state index in [1.165, 1.54) is 12.0 Å². The van der Waals surface area contributed by atoms with Crippen LogP contribution in [0.5, 0.6) is 0 Å². The first-order valence-corrected chi connectivity index (χ1v) is 10.7. The number of likely N-dealkylation sites (tertiary alicyclic amines) is 1. The minimum atomic E-state index is -0.0675. The molecule has 3 heteroatoms. The summed E-state index contributed by atoms with van der Waals surface area (Å²) in [5.74, 6) is 1.74. The SMILES string of the molecule is CC(C)C(C(=O)N[C@@H]1CC[C@@H]2CN(Cc3ccccc3)C[C@@H]21)c1ccccc1. The van der Waals surface area contributed by atoms with Gasteiger partial charge in [-0.25, -0.2) is 0 Å². The minimum Gasteiger partial charge on any atom is -0.352 e. The van der Waals surface area contributed by atoms with E-state index in [0.29, 0.717) is 12.0 Å². The van der Waals surface area contributed by atoms with Gasteiger partial charge in [0.2, 0.25) is 5.91 Å². The van der Waals surface area contributed by atoms with Crippen molar-refractivity contribution in [2.45, 2.75) is 45.2 Å². The van der Waals surface area contributed by atoms with Crippen LogP contribution in [-0.4, -0.2) is 29.9 Å². The zero-order valence-corrected chi connectivity index (χ0v) is 17.1. The normalized spacial score (nSPS) is 25.6. The van der Waals surface area contributed by atoms with Gasteiger partial charge in [0.05, 0.1) is 5.92 Å². The highest BCUT2D eigenvalue weighted by Gasteiger charge is 2.43. The molecule has 1 aliphatic heterocycles. The molecule has 28 heavy (non-hydrogen) atoms. The van der Waals surface area contributed by atoms with Gasteiger partial charge in [-0.1, -0.05) is 74.5 Å². The van der Waals surface area contributed by atoms with Crippen LogP contribution in [-0.2, 0) is 11.3 Å². The van der Waals surface area contributed by atoms with Gasteiger partial charge < -0.3 is 5.32 Å². The van der Waals surface area contributed by atoms with E-state index in [9.17, 15) is 4.79 Å². The lowest BCUT2D eigenvalue weighted by Gasteiger charge is -2.26. The molecule has 2 aromatic rings. The van der Waals surface area contributed by atoms with Gasteiger partial charge in [0.25, 0.3) is 0 Å². The Hall–Kier alpha value is -2.13. The Balaban J connectivity index is 1.39. The van der Waals surface area contributed by atoms with Crippen LogP contribution in [0.3, 0.4) is 0 Å². The molecule has 2 aliphatic rings. The van der Waals surface area contributed by atoms with Crippen LogP contribution in [0.25, 0.3) is 0 Å². The molecule has 2 aromatic carbocycles. The number of nitrogens with one attached hydrogen (secondary N) is 1. The molecule has 0 radical (unpaired) electrons. The number of rotatable bonds is 6. The molecular formula is C25H32N2O. The predicted molar refractivity (Wildman–Crippen MR) is 114 cm³/mol. The Morgan fingerprint density at radius 3 is 2.36 bits per heavy atom. The maximum atomic E-state index is 13.2. The van der Waals surface area contributed by atoms with Gasteiger partial charge in [-0.3, -0.25) is 9.69 Å². The second kappa shape index (κ2) is 8.48. The molecule has 1 amide bonds. The zero-order chi connectivity index (χ0) is 19.5. The average molecular weight is 377 g/mol. The summed E-state index contributed by atoms with van der Waals surface area (Å²) in [6.07, 6.45) is 2.36. The highest BCUT2D eigenvalue weighted by molar-refractivity contribution is 5.84. The summed E-state index contributed by atoms with van der Waals surface area (Å²) in [5, 5.41) is 3.45. The van der Waals surface area contributed by atoms with E-state index < -0.39 is 0 Å². The van der Waals surface area contributed by atoms with E-state index in [-0.39, 0.29) is 17.7 Å². The molecule has 1 saturated heterocycles. The lowest BCUT2D eigenvalue weighted by atomic mass is 9.87. The maximum Gasteiger partial charge on any atom is 0.228 e. The first kappa shape index (κ1) is 19.2. The molecule has 1 aliphatic carbocycles. The Kier molecular flexibility index (Phi) is 5.82. The van der Waals surface area contributed by atoms with Gasteiger partial charge in [-0.2, -0.15) is 0 Å². The van der Waals surface area contributed by atoms with Gasteiger partial charge in [0.15, 0.2) is 0 Å². The molecule has 1 saturated carbocycles. The highest BCUT2D eigenvalue weighted by Crippen LogP contribution is 2.39. The Labute approximate surface area is 169 Å². The summed E-state index contributed by atoms with van der Waals surface area (Å²) in [5.41, 5.74) is 2.51. The van der Waals surface area contributed by atoms with Crippen molar-refractivity contribution >= 4 is 5.91 Å². The van der Waals surface area contributed by atoms with Crippen LogP contribution in [0, 0.1) is 17.8 Å². The van der Waals surface area contributed by atoms with Crippen LogP contribution in [0.2, 0.25) is 0 Å². The summed E-state index contributed by atoms with van der Waals surface area (Å²) in [4.78, 5) is 15.7. The lowest BCUT2D eigenvalue weighted by molar-refractivity contribution is -0.124. The fourth-order valence-electron chi connectivity index (χ4n) is 5.28. The number of carbonyl (C=O) groups is 1. The largest absolute Gasteiger partial charge is 0.352 e. The number of hydrogen-bond acceptors (Lipinski definition) is 2. The first-order chi connectivity index (χ1) is 13.6. The van der Waals surface area contributed by atoms with E-state index in [0.717, 1.165) is 37.5 Å². The van der Waals surface area contributed by atoms with Crippen molar-refractivity contribution in [1.29, 1.82) is 0 Å². The quantitative estimate of drug-likeness (QED) is 0.808. The molecule has 148 valence electrons. The smallest absolute Gasteiger partial charge is 0.228 e. The number of hydrogen-bond donors (Lipinski definition) is 1. The van der Waals surface area contributed by atoms with E-state index in [4.69, 9.17) is 0 Å². The molecule has 2 fully saturated rings. The van der Waals surface area contributed by atoms with E-state index in [1.54, 1.807) is 0 Å². The van der Waals surface area contributed by atoms with Crippen LogP contribution in [0.15, 0.2) is 60.7 Å². The molecule has 1 N–H and O–H groups in total. The van der Waals surface area contributed by atoms with Gasteiger partial charge in [-0.05, 0) is 41.7 Å². The van der Waals surface area contributed by atoms with Crippen LogP contribution >= 0.6 is 0 Å². The maximum absolute atomic E-state index is 13.2. The third-order valence-corrected chi connectivity index (χ3v) is 6.62. The van der Waals surface area contributed by atoms with Gasteiger partial charge in [-0.15, -0.1) is 0 Å². The standard InChI is InChI=1S/C25H32N2O/c1-18(2)24(20-11-7-4-8-12-20)25(28)26-23-14-13-21-16-27(17-22(21)23)15-19-9-5-3-6-10-19/h3-12,18,21-24H,13-17H2,1-2H3,(H,26,28)/t21-,22+,23-,24?/m1/s1. The second-order valence-electron chi connectivity index (χ2n) is 8.93. The van der Waals surface area contributed by atoms with E-state index >= 15 is 0 Å². The molecule has 0 spiro atoms. The fourth-order valence-corrected chi connectivity index (χ4v) is 5.28. The lowest BCUT2D eigenvalue weighted by Crippen LogP contribution is -2.43. The number of fused-ring (bicyclic) bond motifs is 1. The molecule has 1 unspecified atom stereocenters. The minimum absolute atomic E-state index is 0.0675. The van der Waals surface area contributed by atoms with Crippen LogP contribution < -0.4 is 5.32 Å². The number of nitrogens with zero attached hydrogens (tertiary/aromatic N) is 1. The predicted octanol–water partition coefficient (Wildman–Crippen LogP) is 4.45. The number of carbonyl (C=O) groups excluding carboxylic acids is 1. The summed E-state index contributed by atoms with van der Waals surface area (Å²) < 4.78 is 0. The van der Waals surface area contributed by atoms with Crippen molar-refractivity contribution in [3.63, 3.8) is 0 Å². The topological polar surface area (TPSA) is 32.3 Å². The van der Waals surface area contributed by atoms with Crippen molar-refractivity contribution in [2.75, 3.05) is 13.1 Å². The van der Waals surface area contributed by atoms with E-state index in [1.807, 2.05) is 18.2 Å². The Morgan fingerprint density at radius 2 is 1.68 bits per heavy atom. The molecule has 1 heterocycles. The fraction of sp³-hybridized carbons (Fsp3) is 0.480. The molecule has 0 bridgehead atoms. The molecule has 4 rings (SSSR count). The summed E-state index contributed by atoms with van der Waals surface area (Å²) in [6, 6.07) is 21.3. The number of amides is 1. The van der Waals surface area contributed by atoms with Gasteiger partial charge in [0, 0.05) is 25.7 Å². The van der Waals surface area contributed by atoms with Gasteiger partial charge >= 0.3 is 0 Å². The third kappa shape index (κ3) is 4.15. The monoisotopic (exact) mass is 376 g/mol. The van der Waals surface area contributed by atoms with Gasteiger partial charge in [0.1, 0.15) is 0 Å². The first-order valence-electron chi connectivity index (χ1n) is 10.7. The molecule has 4 atom stereocenters. The summed E-state index contributed by atoms with van der Waals surface area (Å²) in [7, 11) is 0. The number of benzene rings is 2. The molecule has 3 nitrogen and oxygen atoms in total. The molecular weight excluding hydrogens is 344 g/mol. The second-order valence-corrected chi connectivity index (χ2v) is 8.93. The zero-order valence-electron chi connectivity index (χ0n) is 17.1. The van der Waals surface area contributed by atoms with E-state index in [2.05, 4.69) is 66.5 Å². The molecule has 0 aromatic heterocycles. The van der Waals surface area contributed by atoms with Crippen molar-refractivity contribution in [3.05, 3.63) is 71.8 Å². The van der Waals surface area contributed by atoms with Crippen molar-refractivity contribution < 1.29 is 4.79 Å². The third-order valence-electron chi connectivity index (χ3n) is 6.62. The van der Waals surface area contributed by atoms with Crippen molar-refractivity contribution in [1.82, 2.24) is 10.2 Å². The Bertz CT molecular complexity index is 774. The Morgan fingerprint density at radius 1 is 1.00 bits per heavy atom. The summed E-state index contributed by atoms with van der Waals surface area (Å²) in [6.45, 7) is 7.57. The van der Waals surface area contributed by atoms with Crippen LogP contribution in [0.4, 0.5) is 0 Å².